The number of nitro benzene ring substituents is 1. The molecule has 1 aliphatic heterocycles. The number of hydrogen-bond donors (Lipinski definition) is 1. The SMILES string of the molecule is O=[N+]([O-])c1ccc(Br)cc1NCC1CCOC1. The van der Waals surface area contributed by atoms with Crippen molar-refractivity contribution >= 4 is 27.3 Å². The Morgan fingerprint density at radius 2 is 2.41 bits per heavy atom. The van der Waals surface area contributed by atoms with Crippen molar-refractivity contribution in [1.29, 1.82) is 0 Å². The highest BCUT2D eigenvalue weighted by Gasteiger charge is 2.18. The van der Waals surface area contributed by atoms with E-state index in [2.05, 4.69) is 21.2 Å². The van der Waals surface area contributed by atoms with Crippen LogP contribution in [0.1, 0.15) is 6.42 Å². The van der Waals surface area contributed by atoms with Gasteiger partial charge in [-0.1, -0.05) is 15.9 Å². The number of anilines is 1. The maximum absolute atomic E-state index is 10.9. The van der Waals surface area contributed by atoms with Gasteiger partial charge >= 0.3 is 0 Å². The minimum Gasteiger partial charge on any atom is -0.381 e. The number of halogens is 1. The standard InChI is InChI=1S/C11H13BrN2O3/c12-9-1-2-11(14(15)16)10(5-9)13-6-8-3-4-17-7-8/h1-2,5,8,13H,3-4,6-7H2. The molecule has 0 aromatic heterocycles. The molecule has 0 bridgehead atoms. The Morgan fingerprint density at radius 1 is 1.59 bits per heavy atom. The first kappa shape index (κ1) is 12.3. The van der Waals surface area contributed by atoms with Crippen molar-refractivity contribution < 1.29 is 9.66 Å². The predicted molar refractivity (Wildman–Crippen MR) is 68.2 cm³/mol. The van der Waals surface area contributed by atoms with Crippen LogP contribution in [0.3, 0.4) is 0 Å². The first-order chi connectivity index (χ1) is 8.16. The average molecular weight is 301 g/mol. The summed E-state index contributed by atoms with van der Waals surface area (Å²) in [6.45, 7) is 2.22. The lowest BCUT2D eigenvalue weighted by molar-refractivity contribution is -0.384. The van der Waals surface area contributed by atoms with E-state index in [0.29, 0.717) is 18.2 Å². The molecule has 1 aliphatic rings. The molecule has 2 rings (SSSR count). The van der Waals surface area contributed by atoms with Crippen LogP contribution in [0.5, 0.6) is 0 Å². The molecule has 1 fully saturated rings. The Hall–Kier alpha value is -1.14. The van der Waals surface area contributed by atoms with Gasteiger partial charge in [-0.2, -0.15) is 0 Å². The third-order valence-corrected chi connectivity index (χ3v) is 3.25. The van der Waals surface area contributed by atoms with Gasteiger partial charge in [0.2, 0.25) is 0 Å². The predicted octanol–water partition coefficient (Wildman–Crippen LogP) is 2.81. The second kappa shape index (κ2) is 5.46. The summed E-state index contributed by atoms with van der Waals surface area (Å²) in [7, 11) is 0. The maximum atomic E-state index is 10.9. The fourth-order valence-corrected chi connectivity index (χ4v) is 2.17. The molecule has 17 heavy (non-hydrogen) atoms. The maximum Gasteiger partial charge on any atom is 0.292 e. The molecule has 0 saturated carbocycles. The molecule has 0 spiro atoms. The summed E-state index contributed by atoms with van der Waals surface area (Å²) in [6, 6.07) is 4.90. The van der Waals surface area contributed by atoms with Crippen LogP contribution in [0.4, 0.5) is 11.4 Å². The lowest BCUT2D eigenvalue weighted by Gasteiger charge is -2.11. The number of benzene rings is 1. The minimum atomic E-state index is -0.375. The molecule has 0 radical (unpaired) electrons. The highest BCUT2D eigenvalue weighted by atomic mass is 79.9. The molecule has 0 amide bonds. The van der Waals surface area contributed by atoms with Gasteiger partial charge in [0.05, 0.1) is 11.5 Å². The van der Waals surface area contributed by atoms with Gasteiger partial charge in [0.25, 0.3) is 5.69 Å². The number of nitro groups is 1. The minimum absolute atomic E-state index is 0.104. The first-order valence-electron chi connectivity index (χ1n) is 5.42. The van der Waals surface area contributed by atoms with Crippen molar-refractivity contribution in [2.24, 2.45) is 5.92 Å². The number of nitrogens with one attached hydrogen (secondary N) is 1. The quantitative estimate of drug-likeness (QED) is 0.686. The van der Waals surface area contributed by atoms with Crippen LogP contribution in [-0.2, 0) is 4.74 Å². The first-order valence-corrected chi connectivity index (χ1v) is 6.21. The van der Waals surface area contributed by atoms with E-state index in [9.17, 15) is 10.1 Å². The highest BCUT2D eigenvalue weighted by molar-refractivity contribution is 9.10. The number of ether oxygens (including phenoxy) is 1. The van der Waals surface area contributed by atoms with Crippen molar-refractivity contribution in [3.63, 3.8) is 0 Å². The highest BCUT2D eigenvalue weighted by Crippen LogP contribution is 2.28. The van der Waals surface area contributed by atoms with E-state index in [1.807, 2.05) is 0 Å². The molecule has 1 N–H and O–H groups in total. The molecule has 0 aliphatic carbocycles. The molecular weight excluding hydrogens is 288 g/mol. The summed E-state index contributed by atoms with van der Waals surface area (Å²) in [5.41, 5.74) is 0.656. The summed E-state index contributed by atoms with van der Waals surface area (Å²) in [6.07, 6.45) is 1.01. The molecule has 1 saturated heterocycles. The molecular formula is C11H13BrN2O3. The van der Waals surface area contributed by atoms with Crippen molar-refractivity contribution in [3.05, 3.63) is 32.8 Å². The van der Waals surface area contributed by atoms with Gasteiger partial charge in [-0.15, -0.1) is 0 Å². The molecule has 1 unspecified atom stereocenters. The fourth-order valence-electron chi connectivity index (χ4n) is 1.81. The van der Waals surface area contributed by atoms with Gasteiger partial charge in [0.15, 0.2) is 0 Å². The van der Waals surface area contributed by atoms with Gasteiger partial charge < -0.3 is 10.1 Å². The van der Waals surface area contributed by atoms with Crippen LogP contribution in [0, 0.1) is 16.0 Å². The molecule has 1 atom stereocenters. The van der Waals surface area contributed by atoms with Crippen molar-refractivity contribution in [3.8, 4) is 0 Å². The van der Waals surface area contributed by atoms with E-state index in [1.165, 1.54) is 6.07 Å². The molecule has 92 valence electrons. The Balaban J connectivity index is 2.07. The summed E-state index contributed by atoms with van der Waals surface area (Å²) in [5.74, 6) is 0.439. The molecule has 1 heterocycles. The van der Waals surface area contributed by atoms with Gasteiger partial charge in [0, 0.05) is 29.6 Å². The number of hydrogen-bond acceptors (Lipinski definition) is 4. The van der Waals surface area contributed by atoms with Crippen LogP contribution in [0.2, 0.25) is 0 Å². The summed E-state index contributed by atoms with van der Waals surface area (Å²) < 4.78 is 6.09. The largest absolute Gasteiger partial charge is 0.381 e. The molecule has 5 nitrogen and oxygen atoms in total. The summed E-state index contributed by atoms with van der Waals surface area (Å²) in [5, 5.41) is 14.0. The van der Waals surface area contributed by atoms with E-state index in [4.69, 9.17) is 4.74 Å². The lowest BCUT2D eigenvalue weighted by atomic mass is 10.1. The van der Waals surface area contributed by atoms with Crippen LogP contribution in [0.15, 0.2) is 22.7 Å². The Bertz CT molecular complexity index is 419. The smallest absolute Gasteiger partial charge is 0.292 e. The average Bonchev–Trinajstić information content (AvgIpc) is 2.78. The van der Waals surface area contributed by atoms with Gasteiger partial charge in [-0.3, -0.25) is 10.1 Å². The van der Waals surface area contributed by atoms with Crippen molar-refractivity contribution in [1.82, 2.24) is 0 Å². The third-order valence-electron chi connectivity index (χ3n) is 2.76. The molecule has 1 aromatic rings. The lowest BCUT2D eigenvalue weighted by Crippen LogP contribution is -2.14. The van der Waals surface area contributed by atoms with Crippen molar-refractivity contribution in [2.75, 3.05) is 25.1 Å². The second-order valence-corrected chi connectivity index (χ2v) is 4.94. The number of rotatable bonds is 4. The topological polar surface area (TPSA) is 64.4 Å². The van der Waals surface area contributed by atoms with Crippen LogP contribution in [-0.4, -0.2) is 24.7 Å². The van der Waals surface area contributed by atoms with E-state index < -0.39 is 0 Å². The van der Waals surface area contributed by atoms with Gasteiger partial charge in [-0.05, 0) is 18.6 Å². The third kappa shape index (κ3) is 3.17. The Morgan fingerprint density at radius 3 is 3.06 bits per heavy atom. The normalized spacial score (nSPS) is 19.2. The second-order valence-electron chi connectivity index (χ2n) is 4.03. The van der Waals surface area contributed by atoms with Crippen LogP contribution >= 0.6 is 15.9 Å². The number of nitrogens with zero attached hydrogens (tertiary/aromatic N) is 1. The molecule has 6 heteroatoms. The van der Waals surface area contributed by atoms with Crippen LogP contribution < -0.4 is 5.32 Å². The monoisotopic (exact) mass is 300 g/mol. The van der Waals surface area contributed by atoms with E-state index in [-0.39, 0.29) is 10.6 Å². The van der Waals surface area contributed by atoms with E-state index in [1.54, 1.807) is 12.1 Å². The van der Waals surface area contributed by atoms with Gasteiger partial charge in [0.1, 0.15) is 5.69 Å². The molecule has 1 aromatic carbocycles. The Labute approximate surface area is 107 Å². The van der Waals surface area contributed by atoms with E-state index >= 15 is 0 Å². The summed E-state index contributed by atoms with van der Waals surface area (Å²) >= 11 is 3.31. The van der Waals surface area contributed by atoms with Crippen LogP contribution in [0.25, 0.3) is 0 Å². The van der Waals surface area contributed by atoms with E-state index in [0.717, 1.165) is 24.1 Å². The zero-order chi connectivity index (χ0) is 12.3. The van der Waals surface area contributed by atoms with Gasteiger partial charge in [-0.25, -0.2) is 0 Å². The zero-order valence-corrected chi connectivity index (χ0v) is 10.8. The fraction of sp³-hybridized carbons (Fsp3) is 0.455. The van der Waals surface area contributed by atoms with Crippen molar-refractivity contribution in [2.45, 2.75) is 6.42 Å². The zero-order valence-electron chi connectivity index (χ0n) is 9.19. The Kier molecular flexibility index (Phi) is 3.96. The summed E-state index contributed by atoms with van der Waals surface area (Å²) in [4.78, 5) is 10.5.